The standard InChI is InChI=1S/C29H36N2O5S/c1-6-36-28-10-8-7-9-27(28)31(37(33,34)25-17-11-22(4)12-18-25)20-29(32)30-26(19-21(2)3)23-13-15-24(35-5)16-14-23/h7-18,21,26H,6,19-20H2,1-5H3,(H,30,32). The minimum Gasteiger partial charge on any atom is -0.497 e. The molecular weight excluding hydrogens is 488 g/mol. The first-order valence-corrected chi connectivity index (χ1v) is 13.8. The van der Waals surface area contributed by atoms with Crippen LogP contribution in [0.5, 0.6) is 11.5 Å². The molecule has 198 valence electrons. The fourth-order valence-corrected chi connectivity index (χ4v) is 5.47. The van der Waals surface area contributed by atoms with Crippen molar-refractivity contribution in [3.63, 3.8) is 0 Å². The van der Waals surface area contributed by atoms with E-state index in [2.05, 4.69) is 19.2 Å². The molecule has 0 aliphatic rings. The van der Waals surface area contributed by atoms with Crippen molar-refractivity contribution >= 4 is 21.6 Å². The lowest BCUT2D eigenvalue weighted by Crippen LogP contribution is -2.42. The maximum absolute atomic E-state index is 13.8. The van der Waals surface area contributed by atoms with Crippen LogP contribution in [-0.2, 0) is 14.8 Å². The molecule has 1 unspecified atom stereocenters. The van der Waals surface area contributed by atoms with Crippen molar-refractivity contribution in [1.29, 1.82) is 0 Å². The van der Waals surface area contributed by atoms with Crippen molar-refractivity contribution in [2.75, 3.05) is 24.6 Å². The maximum Gasteiger partial charge on any atom is 0.264 e. The monoisotopic (exact) mass is 524 g/mol. The summed E-state index contributed by atoms with van der Waals surface area (Å²) in [7, 11) is -2.46. The summed E-state index contributed by atoms with van der Waals surface area (Å²) in [6, 6.07) is 20.7. The van der Waals surface area contributed by atoms with E-state index in [0.717, 1.165) is 21.2 Å². The number of amides is 1. The van der Waals surface area contributed by atoms with Gasteiger partial charge in [0.25, 0.3) is 10.0 Å². The number of hydrogen-bond acceptors (Lipinski definition) is 5. The number of nitrogens with zero attached hydrogens (tertiary/aromatic N) is 1. The van der Waals surface area contributed by atoms with Crippen LogP contribution in [0.3, 0.4) is 0 Å². The molecule has 0 saturated heterocycles. The maximum atomic E-state index is 13.8. The van der Waals surface area contributed by atoms with E-state index in [1.165, 1.54) is 0 Å². The molecule has 3 aromatic rings. The highest BCUT2D eigenvalue weighted by Gasteiger charge is 2.30. The number of sulfonamides is 1. The molecule has 1 N–H and O–H groups in total. The van der Waals surface area contributed by atoms with E-state index >= 15 is 0 Å². The van der Waals surface area contributed by atoms with Gasteiger partial charge in [-0.1, -0.05) is 55.8 Å². The van der Waals surface area contributed by atoms with Crippen molar-refractivity contribution in [3.8, 4) is 11.5 Å². The second kappa shape index (κ2) is 12.6. The molecule has 1 amide bonds. The highest BCUT2D eigenvalue weighted by molar-refractivity contribution is 7.92. The van der Waals surface area contributed by atoms with Crippen LogP contribution in [0.25, 0.3) is 0 Å². The van der Waals surface area contributed by atoms with Crippen molar-refractivity contribution in [3.05, 3.63) is 83.9 Å². The van der Waals surface area contributed by atoms with Gasteiger partial charge in [-0.15, -0.1) is 0 Å². The van der Waals surface area contributed by atoms with E-state index in [9.17, 15) is 13.2 Å². The van der Waals surface area contributed by atoms with E-state index in [-0.39, 0.29) is 10.9 Å². The molecular formula is C29H36N2O5S. The Morgan fingerprint density at radius 2 is 1.62 bits per heavy atom. The Morgan fingerprint density at radius 3 is 2.22 bits per heavy atom. The summed E-state index contributed by atoms with van der Waals surface area (Å²) < 4.78 is 39.7. The van der Waals surface area contributed by atoms with Gasteiger partial charge in [0.05, 0.1) is 30.3 Å². The van der Waals surface area contributed by atoms with Gasteiger partial charge in [-0.2, -0.15) is 0 Å². The lowest BCUT2D eigenvalue weighted by Gasteiger charge is -2.28. The zero-order valence-electron chi connectivity index (χ0n) is 22.1. The summed E-state index contributed by atoms with van der Waals surface area (Å²) >= 11 is 0. The van der Waals surface area contributed by atoms with Gasteiger partial charge in [-0.25, -0.2) is 8.42 Å². The Morgan fingerprint density at radius 1 is 0.973 bits per heavy atom. The minimum absolute atomic E-state index is 0.103. The van der Waals surface area contributed by atoms with Gasteiger partial charge < -0.3 is 14.8 Å². The number of carbonyl (C=O) groups excluding carboxylic acids is 1. The number of rotatable bonds is 12. The van der Waals surface area contributed by atoms with E-state index in [1.807, 2.05) is 38.1 Å². The lowest BCUT2D eigenvalue weighted by molar-refractivity contribution is -0.120. The first kappa shape index (κ1) is 28.1. The summed E-state index contributed by atoms with van der Waals surface area (Å²) in [6.45, 7) is 7.83. The Balaban J connectivity index is 1.97. The smallest absolute Gasteiger partial charge is 0.264 e. The van der Waals surface area contributed by atoms with E-state index in [0.29, 0.717) is 30.4 Å². The number of para-hydroxylation sites is 2. The third kappa shape index (κ3) is 7.26. The molecule has 0 aliphatic heterocycles. The van der Waals surface area contributed by atoms with Crippen LogP contribution in [0.2, 0.25) is 0 Å². The van der Waals surface area contributed by atoms with Crippen LogP contribution < -0.4 is 19.1 Å². The van der Waals surface area contributed by atoms with Crippen molar-refractivity contribution in [1.82, 2.24) is 5.32 Å². The normalized spacial score (nSPS) is 12.2. The van der Waals surface area contributed by atoms with Gasteiger partial charge in [0.15, 0.2) is 0 Å². The number of nitrogens with one attached hydrogen (secondary N) is 1. The molecule has 8 heteroatoms. The summed E-state index contributed by atoms with van der Waals surface area (Å²) in [5, 5.41) is 3.06. The molecule has 0 radical (unpaired) electrons. The molecule has 0 fully saturated rings. The SMILES string of the molecule is CCOc1ccccc1N(CC(=O)NC(CC(C)C)c1ccc(OC)cc1)S(=O)(=O)c1ccc(C)cc1. The van der Waals surface area contributed by atoms with Crippen LogP contribution in [0.4, 0.5) is 5.69 Å². The van der Waals surface area contributed by atoms with Crippen LogP contribution >= 0.6 is 0 Å². The molecule has 7 nitrogen and oxygen atoms in total. The van der Waals surface area contributed by atoms with Crippen molar-refractivity contribution in [2.24, 2.45) is 5.92 Å². The molecule has 3 aromatic carbocycles. The molecule has 0 aliphatic carbocycles. The second-order valence-corrected chi connectivity index (χ2v) is 11.1. The largest absolute Gasteiger partial charge is 0.497 e. The number of ether oxygens (including phenoxy) is 2. The Labute approximate surface area is 220 Å². The average molecular weight is 525 g/mol. The molecule has 37 heavy (non-hydrogen) atoms. The van der Waals surface area contributed by atoms with Crippen LogP contribution in [0, 0.1) is 12.8 Å². The second-order valence-electron chi connectivity index (χ2n) is 9.25. The van der Waals surface area contributed by atoms with E-state index in [4.69, 9.17) is 9.47 Å². The molecule has 3 rings (SSSR count). The van der Waals surface area contributed by atoms with Crippen LogP contribution in [0.1, 0.15) is 44.4 Å². The summed E-state index contributed by atoms with van der Waals surface area (Å²) in [5.74, 6) is 1.01. The van der Waals surface area contributed by atoms with Gasteiger partial charge in [-0.05, 0) is 68.1 Å². The minimum atomic E-state index is -4.06. The van der Waals surface area contributed by atoms with Gasteiger partial charge in [-0.3, -0.25) is 9.10 Å². The van der Waals surface area contributed by atoms with E-state index < -0.39 is 22.5 Å². The fourth-order valence-electron chi connectivity index (χ4n) is 4.03. The molecule has 0 bridgehead atoms. The highest BCUT2D eigenvalue weighted by atomic mass is 32.2. The predicted octanol–water partition coefficient (Wildman–Crippen LogP) is 5.50. The zero-order chi connectivity index (χ0) is 27.0. The Hall–Kier alpha value is -3.52. The van der Waals surface area contributed by atoms with Crippen LogP contribution in [0.15, 0.2) is 77.7 Å². The first-order chi connectivity index (χ1) is 17.6. The Kier molecular flexibility index (Phi) is 9.58. The third-order valence-electron chi connectivity index (χ3n) is 5.89. The lowest BCUT2D eigenvalue weighted by atomic mass is 9.97. The number of anilines is 1. The van der Waals surface area contributed by atoms with Gasteiger partial charge in [0, 0.05) is 0 Å². The molecule has 0 aromatic heterocycles. The van der Waals surface area contributed by atoms with Gasteiger partial charge in [0.2, 0.25) is 5.91 Å². The predicted molar refractivity (Wildman–Crippen MR) is 147 cm³/mol. The molecule has 0 saturated carbocycles. The topological polar surface area (TPSA) is 84.9 Å². The zero-order valence-corrected chi connectivity index (χ0v) is 22.9. The summed E-state index contributed by atoms with van der Waals surface area (Å²) in [6.07, 6.45) is 0.693. The fraction of sp³-hybridized carbons (Fsp3) is 0.345. The van der Waals surface area contributed by atoms with Gasteiger partial charge >= 0.3 is 0 Å². The number of methoxy groups -OCH3 is 1. The number of hydrogen-bond donors (Lipinski definition) is 1. The number of aryl methyl sites for hydroxylation is 1. The van der Waals surface area contributed by atoms with Crippen molar-refractivity contribution < 1.29 is 22.7 Å². The quantitative estimate of drug-likeness (QED) is 0.338. The van der Waals surface area contributed by atoms with E-state index in [1.54, 1.807) is 55.6 Å². The Bertz CT molecular complexity index is 1270. The number of carbonyl (C=O) groups is 1. The van der Waals surface area contributed by atoms with Crippen LogP contribution in [-0.4, -0.2) is 34.6 Å². The summed E-state index contributed by atoms with van der Waals surface area (Å²) in [5.41, 5.74) is 2.17. The molecule has 1 atom stereocenters. The van der Waals surface area contributed by atoms with Gasteiger partial charge in [0.1, 0.15) is 18.0 Å². The molecule has 0 heterocycles. The summed E-state index contributed by atoms with van der Waals surface area (Å²) in [4.78, 5) is 13.5. The molecule has 0 spiro atoms. The van der Waals surface area contributed by atoms with Crippen molar-refractivity contribution in [2.45, 2.75) is 45.1 Å². The average Bonchev–Trinajstić information content (AvgIpc) is 2.87. The third-order valence-corrected chi connectivity index (χ3v) is 7.66. The highest BCUT2D eigenvalue weighted by Crippen LogP contribution is 2.33. The first-order valence-electron chi connectivity index (χ1n) is 12.4. The number of benzene rings is 3.